The summed E-state index contributed by atoms with van der Waals surface area (Å²) in [5.74, 6) is -7.13. The zero-order chi connectivity index (χ0) is 48.1. The van der Waals surface area contributed by atoms with Gasteiger partial charge in [0.1, 0.15) is 12.2 Å². The highest BCUT2D eigenvalue weighted by Crippen LogP contribution is 2.41. The van der Waals surface area contributed by atoms with Gasteiger partial charge in [-0.05, 0) is 43.4 Å². The van der Waals surface area contributed by atoms with Gasteiger partial charge in [-0.3, -0.25) is 30.0 Å². The maximum atomic E-state index is 13.0. The Balaban J connectivity index is 1.82. The van der Waals surface area contributed by atoms with Gasteiger partial charge in [-0.2, -0.15) is 0 Å². The summed E-state index contributed by atoms with van der Waals surface area (Å²) in [4.78, 5) is 75.2. The van der Waals surface area contributed by atoms with E-state index in [1.807, 2.05) is 34.6 Å². The molecule has 366 valence electrons. The summed E-state index contributed by atoms with van der Waals surface area (Å²) in [6.07, 6.45) is 0.264. The van der Waals surface area contributed by atoms with Crippen molar-refractivity contribution in [1.82, 2.24) is 31.9 Å². The van der Waals surface area contributed by atoms with Crippen LogP contribution in [0.2, 0.25) is 0 Å². The zero-order valence-electron chi connectivity index (χ0n) is 38.5. The van der Waals surface area contributed by atoms with Crippen LogP contribution < -0.4 is 43.4 Å². The third-order valence-corrected chi connectivity index (χ3v) is 12.5. The summed E-state index contributed by atoms with van der Waals surface area (Å²) in [5.41, 5.74) is 11.3. The molecule has 0 saturated heterocycles. The number of rotatable bonds is 28. The average molecular weight is 913 g/mol. The van der Waals surface area contributed by atoms with Gasteiger partial charge in [-0.25, -0.2) is 9.59 Å². The molecule has 10 atom stereocenters. The Morgan fingerprint density at radius 3 is 1.25 bits per heavy atom. The summed E-state index contributed by atoms with van der Waals surface area (Å²) in [7, 11) is 0. The third kappa shape index (κ3) is 17.5. The minimum Gasteiger partial charge on any atom is -0.481 e. The number of nitrogens with one attached hydrogen (secondary N) is 8. The number of aliphatic carboxylic acids is 2. The summed E-state index contributed by atoms with van der Waals surface area (Å²) in [6, 6.07) is -2.37. The number of carboxylic acids is 2. The van der Waals surface area contributed by atoms with Crippen molar-refractivity contribution in [2.75, 3.05) is 39.5 Å². The summed E-state index contributed by atoms with van der Waals surface area (Å²) >= 11 is 0. The molecule has 14 N–H and O–H groups in total. The van der Waals surface area contributed by atoms with E-state index >= 15 is 0 Å². The van der Waals surface area contributed by atoms with Crippen molar-refractivity contribution >= 4 is 47.9 Å². The Kier molecular flexibility index (Phi) is 24.0. The number of ether oxygens (including phenoxy) is 4. The molecule has 0 aromatic rings. The molecular formula is C42H76N10O12. The fourth-order valence-corrected chi connectivity index (χ4v) is 9.36. The summed E-state index contributed by atoms with van der Waals surface area (Å²) in [6.45, 7) is 13.9. The lowest BCUT2D eigenvalue weighted by atomic mass is 9.80. The van der Waals surface area contributed by atoms with E-state index < -0.39 is 84.2 Å². The molecule has 22 heteroatoms. The molecule has 4 amide bonds. The van der Waals surface area contributed by atoms with Crippen molar-refractivity contribution < 1.29 is 57.9 Å². The van der Waals surface area contributed by atoms with Crippen molar-refractivity contribution in [3.63, 3.8) is 0 Å². The van der Waals surface area contributed by atoms with Gasteiger partial charge in [-0.1, -0.05) is 60.3 Å². The number of nitrogens with two attached hydrogens (primary N) is 2. The van der Waals surface area contributed by atoms with Crippen LogP contribution in [0, 0.1) is 52.2 Å². The molecule has 2 rings (SSSR count). The van der Waals surface area contributed by atoms with Crippen LogP contribution in [0.5, 0.6) is 0 Å². The van der Waals surface area contributed by atoms with Crippen LogP contribution >= 0.6 is 0 Å². The van der Waals surface area contributed by atoms with E-state index in [2.05, 4.69) is 31.9 Å². The summed E-state index contributed by atoms with van der Waals surface area (Å²) < 4.78 is 22.9. The van der Waals surface area contributed by atoms with Crippen LogP contribution in [0.4, 0.5) is 9.59 Å². The van der Waals surface area contributed by atoms with E-state index in [1.165, 1.54) is 13.8 Å². The standard InChI is InChI=1S/C42H76N10O12/c1-8-25(9-2)33(49-23(6)53)31-29(51-39(43)44)20-27(37(55)56)35(31)63-41(59)47-14-18-61-16-12-22(5)13-17-62-19-15-48-42(60)64-36-28(38(57)58)21-30(52-40(45)46)32(36)34(50-24(7)54)26(10-3)11-4/h22,25-36H,8-21H2,1-7H3,(H,47,59)(H,48,60)(H,49,53)(H,50,54)(H,55,56)(H,57,58)(H4,43,44,51)(H4,45,46,52)/t27-,28-,29+,30+,31+,32+,33+,34+,35+,36+/m0/s1. The van der Waals surface area contributed by atoms with Crippen molar-refractivity contribution in [3.8, 4) is 0 Å². The molecule has 0 aliphatic heterocycles. The van der Waals surface area contributed by atoms with E-state index in [0.717, 1.165) is 0 Å². The van der Waals surface area contributed by atoms with Crippen LogP contribution in [-0.2, 0) is 38.1 Å². The molecule has 0 spiro atoms. The Morgan fingerprint density at radius 1 is 0.625 bits per heavy atom. The van der Waals surface area contributed by atoms with Crippen LogP contribution in [0.3, 0.4) is 0 Å². The van der Waals surface area contributed by atoms with E-state index in [9.17, 15) is 39.0 Å². The highest BCUT2D eigenvalue weighted by molar-refractivity contribution is 5.78. The van der Waals surface area contributed by atoms with Crippen molar-refractivity contribution in [1.29, 1.82) is 10.8 Å². The minimum atomic E-state index is -1.17. The van der Waals surface area contributed by atoms with Crippen LogP contribution in [-0.4, -0.2) is 134 Å². The molecule has 64 heavy (non-hydrogen) atoms. The van der Waals surface area contributed by atoms with Gasteiger partial charge >= 0.3 is 24.1 Å². The van der Waals surface area contributed by atoms with E-state index in [0.29, 0.717) is 51.7 Å². The van der Waals surface area contributed by atoms with Gasteiger partial charge in [-0.15, -0.1) is 0 Å². The first-order valence-electron chi connectivity index (χ1n) is 22.5. The quantitative estimate of drug-likeness (QED) is 0.0302. The second-order valence-electron chi connectivity index (χ2n) is 17.0. The highest BCUT2D eigenvalue weighted by atomic mass is 16.6. The van der Waals surface area contributed by atoms with Gasteiger partial charge in [0.25, 0.3) is 0 Å². The fraction of sp³-hybridized carbons (Fsp3) is 0.810. The summed E-state index contributed by atoms with van der Waals surface area (Å²) in [5, 5.41) is 52.5. The Hall–Kier alpha value is -5.12. The van der Waals surface area contributed by atoms with Crippen LogP contribution in [0.1, 0.15) is 99.8 Å². The molecule has 2 aliphatic rings. The van der Waals surface area contributed by atoms with Crippen LogP contribution in [0.15, 0.2) is 0 Å². The maximum Gasteiger partial charge on any atom is 0.407 e. The predicted molar refractivity (Wildman–Crippen MR) is 236 cm³/mol. The number of amides is 4. The maximum absolute atomic E-state index is 13.0. The SMILES string of the molecule is CCC(CC)[C@@H](NC(C)=O)[C@@H]1[C@H](OC(=O)NCCOCCC(C)CCOCCNC(=O)O[C@H]2[C@@H]([C@H](NC(C)=O)C(CC)CC)[C@H](NC(=N)N)C[C@@H]2C(=O)O)[C@@H](C(=O)O)C[C@H]1NC(=N)N. The number of guanidine groups is 2. The number of alkyl carbamates (subject to hydrolysis) is 2. The molecule has 0 heterocycles. The molecule has 0 aromatic carbocycles. The van der Waals surface area contributed by atoms with E-state index in [1.54, 1.807) is 0 Å². The number of carbonyl (C=O) groups excluding carboxylic acids is 4. The second-order valence-corrected chi connectivity index (χ2v) is 17.0. The first-order valence-corrected chi connectivity index (χ1v) is 22.5. The van der Waals surface area contributed by atoms with Gasteiger partial charge in [0.05, 0.1) is 25.0 Å². The molecule has 2 aliphatic carbocycles. The average Bonchev–Trinajstić information content (AvgIpc) is 3.73. The Morgan fingerprint density at radius 2 is 0.969 bits per heavy atom. The van der Waals surface area contributed by atoms with Gasteiger partial charge < -0.3 is 72.5 Å². The molecule has 0 unspecified atom stereocenters. The first kappa shape index (κ1) is 55.0. The topological polar surface area (TPSA) is 352 Å². The molecule has 2 saturated carbocycles. The smallest absolute Gasteiger partial charge is 0.407 e. The third-order valence-electron chi connectivity index (χ3n) is 12.5. The zero-order valence-corrected chi connectivity index (χ0v) is 38.5. The largest absolute Gasteiger partial charge is 0.481 e. The normalized spacial score (nSPS) is 24.2. The molecular weight excluding hydrogens is 837 g/mol. The van der Waals surface area contributed by atoms with E-state index in [4.69, 9.17) is 41.2 Å². The Labute approximate surface area is 376 Å². The lowest BCUT2D eigenvalue weighted by Gasteiger charge is -2.37. The monoisotopic (exact) mass is 913 g/mol. The lowest BCUT2D eigenvalue weighted by Crippen LogP contribution is -2.55. The number of hydrogen-bond donors (Lipinski definition) is 12. The Bertz CT molecular complexity index is 1440. The number of carboxylic acid groups (broad SMARTS) is 2. The number of carbonyl (C=O) groups is 6. The molecule has 22 nitrogen and oxygen atoms in total. The van der Waals surface area contributed by atoms with Crippen molar-refractivity contribution in [3.05, 3.63) is 0 Å². The fourth-order valence-electron chi connectivity index (χ4n) is 9.36. The molecule has 0 radical (unpaired) electrons. The van der Waals surface area contributed by atoms with E-state index in [-0.39, 0.29) is 80.6 Å². The molecule has 0 bridgehead atoms. The van der Waals surface area contributed by atoms with Gasteiger partial charge in [0.2, 0.25) is 11.8 Å². The molecule has 0 aromatic heterocycles. The first-order chi connectivity index (χ1) is 30.3. The lowest BCUT2D eigenvalue weighted by molar-refractivity contribution is -0.146. The number of hydrogen-bond acceptors (Lipinski definition) is 12. The molecule has 2 fully saturated rings. The highest BCUT2D eigenvalue weighted by Gasteiger charge is 2.55. The van der Waals surface area contributed by atoms with Gasteiger partial charge in [0.15, 0.2) is 11.9 Å². The predicted octanol–water partition coefficient (Wildman–Crippen LogP) is 1.65. The minimum absolute atomic E-state index is 0.0361. The van der Waals surface area contributed by atoms with Crippen LogP contribution in [0.25, 0.3) is 0 Å². The van der Waals surface area contributed by atoms with Crippen molar-refractivity contribution in [2.24, 2.45) is 52.9 Å². The van der Waals surface area contributed by atoms with Gasteiger partial charge in [0, 0.05) is 76.2 Å². The second kappa shape index (κ2) is 27.9. The van der Waals surface area contributed by atoms with Crippen molar-refractivity contribution in [2.45, 2.75) is 136 Å².